The number of carbonyl (C=O) groups is 3. The predicted octanol–water partition coefficient (Wildman–Crippen LogP) is 6.65. The highest BCUT2D eigenvalue weighted by atomic mass is 32.2. The van der Waals surface area contributed by atoms with Crippen LogP contribution in [0.1, 0.15) is 40.7 Å². The van der Waals surface area contributed by atoms with Crippen molar-refractivity contribution in [2.24, 2.45) is 0 Å². The van der Waals surface area contributed by atoms with Crippen molar-refractivity contribution < 1.29 is 37.7 Å². The fourth-order valence-corrected chi connectivity index (χ4v) is 5.11. The summed E-state index contributed by atoms with van der Waals surface area (Å²) in [5.41, 5.74) is 5.04. The number of fused-ring (bicyclic) bond motifs is 3. The summed E-state index contributed by atoms with van der Waals surface area (Å²) in [5.74, 6) is -1.31. The van der Waals surface area contributed by atoms with Gasteiger partial charge < -0.3 is 18.9 Å². The van der Waals surface area contributed by atoms with E-state index in [1.807, 2.05) is 30.3 Å². The average Bonchev–Trinajstić information content (AvgIpc) is 3.25. The molecule has 3 aromatic rings. The van der Waals surface area contributed by atoms with Crippen LogP contribution in [-0.4, -0.2) is 43.5 Å². The molecule has 7 nitrogen and oxygen atoms in total. The number of thioether (sulfide) groups is 1. The van der Waals surface area contributed by atoms with Crippen molar-refractivity contribution in [3.05, 3.63) is 102 Å². The van der Waals surface area contributed by atoms with Crippen LogP contribution in [-0.2, 0) is 19.1 Å². The van der Waals surface area contributed by atoms with Crippen molar-refractivity contribution in [3.63, 3.8) is 0 Å². The molecular formula is C32H29FO7S. The standard InChI is InChI=1S/C32H29FO7S/c1-4-30(34)39-17-16-38-23-8-6-22(7-9-23)32(36)41-25-11-13-27-26-12-10-24(18-28(26)20(2)29(27)19-25)37-14-5-15-40-31(35)21(3)33/h4,6-13,18-20H,1,3,5,14-17H2,2H3. The second-order valence-electron chi connectivity index (χ2n) is 9.10. The number of rotatable bonds is 13. The van der Waals surface area contributed by atoms with Gasteiger partial charge in [-0.05, 0) is 82.5 Å². The van der Waals surface area contributed by atoms with Crippen molar-refractivity contribution >= 4 is 28.8 Å². The summed E-state index contributed by atoms with van der Waals surface area (Å²) in [4.78, 5) is 36.0. The highest BCUT2D eigenvalue weighted by Crippen LogP contribution is 2.47. The molecule has 1 atom stereocenters. The summed E-state index contributed by atoms with van der Waals surface area (Å²) in [6.45, 7) is 9.01. The molecule has 1 aliphatic carbocycles. The maximum Gasteiger partial charge on any atom is 0.366 e. The Hall–Kier alpha value is -4.37. The molecule has 41 heavy (non-hydrogen) atoms. The third-order valence-corrected chi connectivity index (χ3v) is 7.26. The fourth-order valence-electron chi connectivity index (χ4n) is 4.32. The van der Waals surface area contributed by atoms with Gasteiger partial charge in [0.05, 0.1) is 13.2 Å². The number of halogens is 1. The predicted molar refractivity (Wildman–Crippen MR) is 154 cm³/mol. The van der Waals surface area contributed by atoms with Crippen LogP contribution < -0.4 is 9.47 Å². The zero-order valence-corrected chi connectivity index (χ0v) is 23.3. The van der Waals surface area contributed by atoms with Gasteiger partial charge in [-0.2, -0.15) is 4.39 Å². The molecule has 0 N–H and O–H groups in total. The van der Waals surface area contributed by atoms with E-state index in [0.29, 0.717) is 30.1 Å². The molecule has 0 aromatic heterocycles. The molecule has 0 amide bonds. The third kappa shape index (κ3) is 7.64. The summed E-state index contributed by atoms with van der Waals surface area (Å²) in [5, 5.41) is -0.0863. The molecule has 1 aliphatic rings. The number of hydrogen-bond acceptors (Lipinski definition) is 8. The lowest BCUT2D eigenvalue weighted by atomic mass is 9.99. The number of hydrogen-bond donors (Lipinski definition) is 0. The molecule has 0 aliphatic heterocycles. The summed E-state index contributed by atoms with van der Waals surface area (Å²) in [6.07, 6.45) is 1.51. The number of ether oxygens (including phenoxy) is 4. The lowest BCUT2D eigenvalue weighted by molar-refractivity contribution is -0.141. The van der Waals surface area contributed by atoms with E-state index in [2.05, 4.69) is 26.1 Å². The van der Waals surface area contributed by atoms with E-state index >= 15 is 0 Å². The van der Waals surface area contributed by atoms with Gasteiger partial charge >= 0.3 is 11.9 Å². The smallest absolute Gasteiger partial charge is 0.366 e. The van der Waals surface area contributed by atoms with Gasteiger partial charge in [-0.3, -0.25) is 4.79 Å². The van der Waals surface area contributed by atoms with E-state index in [1.165, 1.54) is 0 Å². The summed E-state index contributed by atoms with van der Waals surface area (Å²) in [7, 11) is 0. The van der Waals surface area contributed by atoms with Crippen LogP contribution in [0.5, 0.6) is 11.5 Å². The van der Waals surface area contributed by atoms with Crippen LogP contribution in [0, 0.1) is 0 Å². The molecule has 0 spiro atoms. The Morgan fingerprint density at radius 1 is 0.854 bits per heavy atom. The Balaban J connectivity index is 1.32. The molecule has 9 heteroatoms. The van der Waals surface area contributed by atoms with Gasteiger partial charge in [0.25, 0.3) is 0 Å². The first-order valence-corrected chi connectivity index (χ1v) is 13.7. The Kier molecular flexibility index (Phi) is 9.97. The minimum atomic E-state index is -1.12. The van der Waals surface area contributed by atoms with Crippen molar-refractivity contribution in [2.75, 3.05) is 26.4 Å². The van der Waals surface area contributed by atoms with Gasteiger partial charge in [0.2, 0.25) is 10.9 Å². The molecule has 0 heterocycles. The number of benzene rings is 3. The SMILES string of the molecule is C=CC(=O)OCCOc1ccc(C(=O)Sc2ccc3c(c2)C(C)c2cc(OCCCOC(=O)C(=C)F)ccc2-3)cc1. The van der Waals surface area contributed by atoms with E-state index in [9.17, 15) is 18.8 Å². The van der Waals surface area contributed by atoms with Crippen molar-refractivity contribution in [1.82, 2.24) is 0 Å². The van der Waals surface area contributed by atoms with Crippen LogP contribution in [0.3, 0.4) is 0 Å². The van der Waals surface area contributed by atoms with Gasteiger partial charge in [-0.15, -0.1) is 0 Å². The normalized spacial score (nSPS) is 13.0. The van der Waals surface area contributed by atoms with Crippen molar-refractivity contribution in [2.45, 2.75) is 24.2 Å². The highest BCUT2D eigenvalue weighted by molar-refractivity contribution is 8.14. The minimum Gasteiger partial charge on any atom is -0.493 e. The third-order valence-electron chi connectivity index (χ3n) is 6.34. The highest BCUT2D eigenvalue weighted by Gasteiger charge is 2.26. The second kappa shape index (κ2) is 13.8. The summed E-state index contributed by atoms with van der Waals surface area (Å²) in [6, 6.07) is 18.8. The summed E-state index contributed by atoms with van der Waals surface area (Å²) < 4.78 is 33.6. The fraction of sp³-hybridized carbons (Fsp3) is 0.219. The lowest BCUT2D eigenvalue weighted by Gasteiger charge is -2.11. The van der Waals surface area contributed by atoms with Gasteiger partial charge in [0.1, 0.15) is 24.7 Å². The van der Waals surface area contributed by atoms with Gasteiger partial charge in [0.15, 0.2) is 0 Å². The number of esters is 2. The Morgan fingerprint density at radius 2 is 1.51 bits per heavy atom. The average molecular weight is 577 g/mol. The Morgan fingerprint density at radius 3 is 2.22 bits per heavy atom. The van der Waals surface area contributed by atoms with E-state index in [4.69, 9.17) is 18.9 Å². The number of carbonyl (C=O) groups excluding carboxylic acids is 3. The topological polar surface area (TPSA) is 88.1 Å². The summed E-state index contributed by atoms with van der Waals surface area (Å²) >= 11 is 1.16. The molecule has 0 radical (unpaired) electrons. The molecule has 0 saturated carbocycles. The maximum absolute atomic E-state index is 12.9. The Labute approximate surface area is 241 Å². The first kappa shape index (κ1) is 29.6. The second-order valence-corrected chi connectivity index (χ2v) is 10.1. The molecule has 3 aromatic carbocycles. The first-order valence-electron chi connectivity index (χ1n) is 12.9. The van der Waals surface area contributed by atoms with E-state index in [-0.39, 0.29) is 30.9 Å². The van der Waals surface area contributed by atoms with Gasteiger partial charge in [-0.1, -0.05) is 32.2 Å². The largest absolute Gasteiger partial charge is 0.493 e. The molecular weight excluding hydrogens is 547 g/mol. The van der Waals surface area contributed by atoms with E-state index in [1.54, 1.807) is 24.3 Å². The van der Waals surface area contributed by atoms with Crippen LogP contribution in [0.4, 0.5) is 4.39 Å². The zero-order valence-electron chi connectivity index (χ0n) is 22.5. The van der Waals surface area contributed by atoms with Crippen molar-refractivity contribution in [1.29, 1.82) is 0 Å². The van der Waals surface area contributed by atoms with Crippen molar-refractivity contribution in [3.8, 4) is 22.6 Å². The molecule has 0 bridgehead atoms. The van der Waals surface area contributed by atoms with Crippen LogP contribution in [0.25, 0.3) is 11.1 Å². The first-order chi connectivity index (χ1) is 19.8. The van der Waals surface area contributed by atoms with Gasteiger partial charge in [-0.25, -0.2) is 9.59 Å². The molecule has 212 valence electrons. The molecule has 1 unspecified atom stereocenters. The lowest BCUT2D eigenvalue weighted by Crippen LogP contribution is -2.10. The van der Waals surface area contributed by atoms with Crippen LogP contribution in [0.15, 0.2) is 90.6 Å². The van der Waals surface area contributed by atoms with E-state index < -0.39 is 17.8 Å². The monoisotopic (exact) mass is 576 g/mol. The minimum absolute atomic E-state index is 0.0423. The Bertz CT molecular complexity index is 1470. The zero-order chi connectivity index (χ0) is 29.4. The quantitative estimate of drug-likeness (QED) is 0.0967. The molecule has 0 fully saturated rings. The molecule has 4 rings (SSSR count). The van der Waals surface area contributed by atoms with Crippen LogP contribution in [0.2, 0.25) is 0 Å². The van der Waals surface area contributed by atoms with Crippen LogP contribution >= 0.6 is 11.8 Å². The molecule has 0 saturated heterocycles. The van der Waals surface area contributed by atoms with E-state index in [0.717, 1.165) is 45.0 Å². The maximum atomic E-state index is 12.9. The van der Waals surface area contributed by atoms with Gasteiger partial charge in [0, 0.05) is 28.9 Å².